The molecule has 1 aliphatic heterocycles. The minimum absolute atomic E-state index is 0.228. The fraction of sp³-hybridized carbons (Fsp3) is 0.455. The van der Waals surface area contributed by atoms with Crippen LogP contribution >= 0.6 is 11.6 Å². The van der Waals surface area contributed by atoms with Crippen molar-refractivity contribution in [2.45, 2.75) is 18.8 Å². The van der Waals surface area contributed by atoms with Crippen molar-refractivity contribution < 1.29 is 9.84 Å². The lowest BCUT2D eigenvalue weighted by Gasteiger charge is -2.23. The van der Waals surface area contributed by atoms with E-state index in [1.807, 2.05) is 6.07 Å². The zero-order valence-electron chi connectivity index (χ0n) is 7.87. The van der Waals surface area contributed by atoms with Crippen molar-refractivity contribution in [3.63, 3.8) is 0 Å². The van der Waals surface area contributed by atoms with E-state index >= 15 is 0 Å². The molecular formula is C11H13ClO2. The topological polar surface area (TPSA) is 29.5 Å². The fourth-order valence-electron chi connectivity index (χ4n) is 1.86. The lowest BCUT2D eigenvalue weighted by Crippen LogP contribution is -2.14. The molecular weight excluding hydrogens is 200 g/mol. The predicted octanol–water partition coefficient (Wildman–Crippen LogP) is 2.94. The van der Waals surface area contributed by atoms with Gasteiger partial charge < -0.3 is 9.84 Å². The van der Waals surface area contributed by atoms with Gasteiger partial charge in [-0.2, -0.15) is 0 Å². The Balaban J connectivity index is 2.22. The van der Waals surface area contributed by atoms with Gasteiger partial charge in [-0.3, -0.25) is 0 Å². The minimum atomic E-state index is 0.228. The van der Waals surface area contributed by atoms with Gasteiger partial charge in [0.25, 0.3) is 0 Å². The number of rotatable bonds is 1. The maximum atomic E-state index is 9.23. The minimum Gasteiger partial charge on any atom is -0.508 e. The van der Waals surface area contributed by atoms with Crippen LogP contribution in [-0.4, -0.2) is 18.3 Å². The van der Waals surface area contributed by atoms with Crippen LogP contribution < -0.4 is 0 Å². The van der Waals surface area contributed by atoms with E-state index < -0.39 is 0 Å². The van der Waals surface area contributed by atoms with Gasteiger partial charge in [0.1, 0.15) is 5.75 Å². The van der Waals surface area contributed by atoms with Crippen molar-refractivity contribution in [1.29, 1.82) is 0 Å². The molecule has 1 heterocycles. The Morgan fingerprint density at radius 3 is 2.64 bits per heavy atom. The summed E-state index contributed by atoms with van der Waals surface area (Å²) in [7, 11) is 0. The molecule has 0 bridgehead atoms. The van der Waals surface area contributed by atoms with Gasteiger partial charge in [0.05, 0.1) is 0 Å². The molecule has 0 spiro atoms. The van der Waals surface area contributed by atoms with Gasteiger partial charge in [-0.1, -0.05) is 17.7 Å². The van der Waals surface area contributed by atoms with Crippen LogP contribution in [0.1, 0.15) is 24.3 Å². The number of hydrogen-bond acceptors (Lipinski definition) is 2. The summed E-state index contributed by atoms with van der Waals surface area (Å²) in [5.74, 6) is 0.711. The summed E-state index contributed by atoms with van der Waals surface area (Å²) in [5, 5.41) is 9.89. The highest BCUT2D eigenvalue weighted by Crippen LogP contribution is 2.33. The van der Waals surface area contributed by atoms with Crippen LogP contribution in [0, 0.1) is 0 Å². The number of phenols is 1. The second kappa shape index (κ2) is 4.20. The number of halogens is 1. The van der Waals surface area contributed by atoms with E-state index in [1.54, 1.807) is 12.1 Å². The van der Waals surface area contributed by atoms with E-state index in [2.05, 4.69) is 0 Å². The summed E-state index contributed by atoms with van der Waals surface area (Å²) in [5.41, 5.74) is 1.13. The van der Waals surface area contributed by atoms with Gasteiger partial charge >= 0.3 is 0 Å². The van der Waals surface area contributed by atoms with Crippen LogP contribution in [0.2, 0.25) is 5.02 Å². The first-order chi connectivity index (χ1) is 6.77. The first-order valence-corrected chi connectivity index (χ1v) is 5.21. The third kappa shape index (κ3) is 2.02. The van der Waals surface area contributed by atoms with E-state index in [1.165, 1.54) is 0 Å². The van der Waals surface area contributed by atoms with E-state index in [9.17, 15) is 5.11 Å². The molecule has 1 aromatic rings. The number of ether oxygens (including phenoxy) is 1. The van der Waals surface area contributed by atoms with Crippen molar-refractivity contribution in [2.75, 3.05) is 13.2 Å². The number of hydrogen-bond donors (Lipinski definition) is 1. The molecule has 0 aromatic heterocycles. The lowest BCUT2D eigenvalue weighted by molar-refractivity contribution is 0.0853. The van der Waals surface area contributed by atoms with Gasteiger partial charge in [0, 0.05) is 18.2 Å². The number of phenolic OH excluding ortho intramolecular Hbond substituents is 1. The second-order valence-corrected chi connectivity index (χ2v) is 4.00. The molecule has 0 radical (unpaired) electrons. The Kier molecular flexibility index (Phi) is 2.94. The molecule has 0 saturated carbocycles. The van der Waals surface area contributed by atoms with Crippen molar-refractivity contribution in [2.24, 2.45) is 0 Å². The Hall–Kier alpha value is -0.730. The van der Waals surface area contributed by atoms with Gasteiger partial charge in [-0.05, 0) is 36.5 Å². The first-order valence-electron chi connectivity index (χ1n) is 4.83. The highest BCUT2D eigenvalue weighted by molar-refractivity contribution is 6.31. The van der Waals surface area contributed by atoms with Crippen molar-refractivity contribution in [1.82, 2.24) is 0 Å². The normalized spacial score (nSPS) is 18.4. The summed E-state index contributed by atoms with van der Waals surface area (Å²) in [4.78, 5) is 0. The molecule has 0 atom stereocenters. The molecule has 0 aliphatic carbocycles. The van der Waals surface area contributed by atoms with Gasteiger partial charge in [0.15, 0.2) is 0 Å². The Morgan fingerprint density at radius 1 is 1.29 bits per heavy atom. The predicted molar refractivity (Wildman–Crippen MR) is 55.9 cm³/mol. The van der Waals surface area contributed by atoms with Crippen LogP contribution in [0.4, 0.5) is 0 Å². The second-order valence-electron chi connectivity index (χ2n) is 3.59. The fourth-order valence-corrected chi connectivity index (χ4v) is 2.18. The van der Waals surface area contributed by atoms with Crippen LogP contribution in [0.15, 0.2) is 18.2 Å². The van der Waals surface area contributed by atoms with Gasteiger partial charge in [-0.25, -0.2) is 0 Å². The molecule has 2 rings (SSSR count). The van der Waals surface area contributed by atoms with Crippen LogP contribution in [0.25, 0.3) is 0 Å². The number of aromatic hydroxyl groups is 1. The average Bonchev–Trinajstić information content (AvgIpc) is 2.19. The van der Waals surface area contributed by atoms with Crippen LogP contribution in [-0.2, 0) is 4.74 Å². The maximum absolute atomic E-state index is 9.23. The largest absolute Gasteiger partial charge is 0.508 e. The van der Waals surface area contributed by atoms with E-state index in [4.69, 9.17) is 16.3 Å². The Bertz CT molecular complexity index is 319. The van der Waals surface area contributed by atoms with Crippen molar-refractivity contribution in [3.8, 4) is 5.75 Å². The molecule has 14 heavy (non-hydrogen) atoms. The molecule has 2 nitrogen and oxygen atoms in total. The van der Waals surface area contributed by atoms with E-state index in [0.717, 1.165) is 31.6 Å². The highest BCUT2D eigenvalue weighted by Gasteiger charge is 2.18. The summed E-state index contributed by atoms with van der Waals surface area (Å²) >= 11 is 6.06. The third-order valence-electron chi connectivity index (χ3n) is 2.65. The standard InChI is InChI=1S/C11H13ClO2/c12-11-7-9(13)1-2-10(11)8-3-5-14-6-4-8/h1-2,7-8,13H,3-6H2. The van der Waals surface area contributed by atoms with Crippen molar-refractivity contribution >= 4 is 11.6 Å². The van der Waals surface area contributed by atoms with Crippen LogP contribution in [0.5, 0.6) is 5.75 Å². The van der Waals surface area contributed by atoms with E-state index in [0.29, 0.717) is 10.9 Å². The lowest BCUT2D eigenvalue weighted by atomic mass is 9.92. The SMILES string of the molecule is Oc1ccc(C2CCOCC2)c(Cl)c1. The molecule has 1 fully saturated rings. The molecule has 3 heteroatoms. The summed E-state index contributed by atoms with van der Waals surface area (Å²) in [6.07, 6.45) is 2.04. The zero-order chi connectivity index (χ0) is 9.97. The first kappa shape index (κ1) is 9.81. The van der Waals surface area contributed by atoms with Gasteiger partial charge in [-0.15, -0.1) is 0 Å². The highest BCUT2D eigenvalue weighted by atomic mass is 35.5. The zero-order valence-corrected chi connectivity index (χ0v) is 8.63. The van der Waals surface area contributed by atoms with Gasteiger partial charge in [0.2, 0.25) is 0 Å². The molecule has 76 valence electrons. The summed E-state index contributed by atoms with van der Waals surface area (Å²) < 4.78 is 5.29. The third-order valence-corrected chi connectivity index (χ3v) is 2.97. The Labute approximate surface area is 88.5 Å². The summed E-state index contributed by atoms with van der Waals surface area (Å²) in [6.45, 7) is 1.61. The number of benzene rings is 1. The summed E-state index contributed by atoms with van der Waals surface area (Å²) in [6, 6.07) is 5.21. The monoisotopic (exact) mass is 212 g/mol. The Morgan fingerprint density at radius 2 is 2.00 bits per heavy atom. The quantitative estimate of drug-likeness (QED) is 0.776. The molecule has 1 aromatic carbocycles. The maximum Gasteiger partial charge on any atom is 0.117 e. The van der Waals surface area contributed by atoms with Crippen molar-refractivity contribution in [3.05, 3.63) is 28.8 Å². The smallest absolute Gasteiger partial charge is 0.117 e. The molecule has 0 amide bonds. The van der Waals surface area contributed by atoms with Crippen LogP contribution in [0.3, 0.4) is 0 Å². The molecule has 1 saturated heterocycles. The molecule has 1 aliphatic rings. The van der Waals surface area contributed by atoms with E-state index in [-0.39, 0.29) is 5.75 Å². The average molecular weight is 213 g/mol. The molecule has 1 N–H and O–H groups in total. The molecule has 0 unspecified atom stereocenters.